The molecule has 30 heavy (non-hydrogen) atoms. The van der Waals surface area contributed by atoms with E-state index in [0.29, 0.717) is 41.7 Å². The normalized spacial score (nSPS) is 12.3. The van der Waals surface area contributed by atoms with Gasteiger partial charge in [-0.3, -0.25) is 9.10 Å². The first-order chi connectivity index (χ1) is 14.4. The molecule has 1 heterocycles. The number of anilines is 2. The number of benzene rings is 2. The van der Waals surface area contributed by atoms with Crippen molar-refractivity contribution in [3.8, 4) is 17.2 Å². The van der Waals surface area contributed by atoms with Crippen molar-refractivity contribution >= 4 is 27.3 Å². The third-order valence-corrected chi connectivity index (χ3v) is 5.49. The molecule has 9 heteroatoms. The van der Waals surface area contributed by atoms with Gasteiger partial charge in [-0.25, -0.2) is 8.42 Å². The molecule has 0 saturated heterocycles. The molecule has 160 valence electrons. The highest BCUT2D eigenvalue weighted by Gasteiger charge is 2.21. The first-order valence-electron chi connectivity index (χ1n) is 9.38. The van der Waals surface area contributed by atoms with Crippen molar-refractivity contribution in [2.24, 2.45) is 0 Å². The fourth-order valence-corrected chi connectivity index (χ4v) is 3.91. The number of fused-ring (bicyclic) bond motifs is 1. The summed E-state index contributed by atoms with van der Waals surface area (Å²) in [4.78, 5) is 12.3. The predicted molar refractivity (Wildman–Crippen MR) is 115 cm³/mol. The zero-order valence-corrected chi connectivity index (χ0v) is 17.5. The van der Waals surface area contributed by atoms with Crippen molar-refractivity contribution in [2.45, 2.75) is 12.8 Å². The lowest BCUT2D eigenvalue weighted by atomic mass is 10.2. The van der Waals surface area contributed by atoms with Crippen LogP contribution in [0.15, 0.2) is 55.1 Å². The molecule has 0 fully saturated rings. The van der Waals surface area contributed by atoms with Crippen LogP contribution in [-0.2, 0) is 14.8 Å². The van der Waals surface area contributed by atoms with E-state index in [1.165, 1.54) is 4.31 Å². The average molecular weight is 432 g/mol. The lowest BCUT2D eigenvalue weighted by molar-refractivity contribution is -0.116. The van der Waals surface area contributed by atoms with Crippen LogP contribution >= 0.6 is 0 Å². The second-order valence-corrected chi connectivity index (χ2v) is 8.56. The third-order valence-electron chi connectivity index (χ3n) is 4.30. The van der Waals surface area contributed by atoms with Gasteiger partial charge in [-0.2, -0.15) is 0 Å². The molecule has 0 aromatic heterocycles. The van der Waals surface area contributed by atoms with E-state index in [-0.39, 0.29) is 25.7 Å². The van der Waals surface area contributed by atoms with Crippen molar-refractivity contribution in [3.05, 3.63) is 55.1 Å². The highest BCUT2D eigenvalue weighted by atomic mass is 32.2. The van der Waals surface area contributed by atoms with E-state index in [0.717, 1.165) is 6.26 Å². The molecule has 1 aliphatic heterocycles. The van der Waals surface area contributed by atoms with Crippen LogP contribution in [-0.4, -0.2) is 40.5 Å². The van der Waals surface area contributed by atoms with Gasteiger partial charge in [-0.15, -0.1) is 0 Å². The summed E-state index contributed by atoms with van der Waals surface area (Å²) in [5.74, 6) is 1.48. The van der Waals surface area contributed by atoms with Gasteiger partial charge in [0.05, 0.1) is 11.9 Å². The fourth-order valence-electron chi connectivity index (χ4n) is 2.95. The maximum absolute atomic E-state index is 12.3. The van der Waals surface area contributed by atoms with Crippen molar-refractivity contribution in [1.29, 1.82) is 0 Å². The van der Waals surface area contributed by atoms with E-state index >= 15 is 0 Å². The van der Waals surface area contributed by atoms with Crippen LogP contribution in [0.1, 0.15) is 12.8 Å². The van der Waals surface area contributed by atoms with Gasteiger partial charge < -0.3 is 19.5 Å². The van der Waals surface area contributed by atoms with Crippen LogP contribution in [0.25, 0.3) is 0 Å². The Morgan fingerprint density at radius 2 is 2.03 bits per heavy atom. The van der Waals surface area contributed by atoms with Crippen LogP contribution in [0.3, 0.4) is 0 Å². The van der Waals surface area contributed by atoms with E-state index in [2.05, 4.69) is 11.9 Å². The molecule has 0 atom stereocenters. The highest BCUT2D eigenvalue weighted by molar-refractivity contribution is 7.92. The quantitative estimate of drug-likeness (QED) is 0.580. The van der Waals surface area contributed by atoms with E-state index < -0.39 is 10.0 Å². The maximum Gasteiger partial charge on any atom is 0.232 e. The zero-order chi connectivity index (χ0) is 21.6. The molecule has 0 unspecified atom stereocenters. The van der Waals surface area contributed by atoms with Gasteiger partial charge in [0.25, 0.3) is 0 Å². The lowest BCUT2D eigenvalue weighted by Crippen LogP contribution is -2.31. The molecule has 0 saturated carbocycles. The monoisotopic (exact) mass is 432 g/mol. The Balaban J connectivity index is 1.58. The number of hydrogen-bond acceptors (Lipinski definition) is 6. The molecule has 0 spiro atoms. The molecule has 1 amide bonds. The minimum atomic E-state index is -3.53. The standard InChI is InChI=1S/C21H24N2O6S/c1-3-12-27-18-7-4-6-16(13-18)22-21(24)8-5-11-23(30(2,25)26)17-9-10-19-20(14-17)29-15-28-19/h3-4,6-7,9-10,13-14H,1,5,8,11-12,15H2,2H3,(H,22,24). The number of carbonyl (C=O) groups excluding carboxylic acids is 1. The molecule has 2 aromatic carbocycles. The van der Waals surface area contributed by atoms with Gasteiger partial charge in [0.1, 0.15) is 12.4 Å². The van der Waals surface area contributed by atoms with Crippen LogP contribution in [0, 0.1) is 0 Å². The van der Waals surface area contributed by atoms with E-state index in [9.17, 15) is 13.2 Å². The van der Waals surface area contributed by atoms with Gasteiger partial charge in [-0.05, 0) is 30.7 Å². The molecule has 0 radical (unpaired) electrons. The number of nitrogens with zero attached hydrogens (tertiary/aromatic N) is 1. The Labute approximate surface area is 176 Å². The van der Waals surface area contributed by atoms with Crippen LogP contribution in [0.4, 0.5) is 11.4 Å². The first kappa shape index (κ1) is 21.5. The van der Waals surface area contributed by atoms with E-state index in [4.69, 9.17) is 14.2 Å². The number of ether oxygens (including phenoxy) is 3. The van der Waals surface area contributed by atoms with Crippen LogP contribution < -0.4 is 23.8 Å². The summed E-state index contributed by atoms with van der Waals surface area (Å²) in [6.07, 6.45) is 3.28. The van der Waals surface area contributed by atoms with Crippen molar-refractivity contribution < 1.29 is 27.4 Å². The Kier molecular flexibility index (Phi) is 6.83. The van der Waals surface area contributed by atoms with Gasteiger partial charge in [0, 0.05) is 30.8 Å². The van der Waals surface area contributed by atoms with Gasteiger partial charge in [0.15, 0.2) is 11.5 Å². The van der Waals surface area contributed by atoms with E-state index in [1.54, 1.807) is 48.5 Å². The molecule has 0 bridgehead atoms. The molecular weight excluding hydrogens is 408 g/mol. The summed E-state index contributed by atoms with van der Waals surface area (Å²) >= 11 is 0. The maximum atomic E-state index is 12.3. The number of nitrogens with one attached hydrogen (secondary N) is 1. The Morgan fingerprint density at radius 3 is 2.80 bits per heavy atom. The molecule has 1 N–H and O–H groups in total. The number of hydrogen-bond donors (Lipinski definition) is 1. The highest BCUT2D eigenvalue weighted by Crippen LogP contribution is 2.36. The number of carbonyl (C=O) groups is 1. The van der Waals surface area contributed by atoms with Crippen LogP contribution in [0.5, 0.6) is 17.2 Å². The van der Waals surface area contributed by atoms with Crippen molar-refractivity contribution in [3.63, 3.8) is 0 Å². The summed E-state index contributed by atoms with van der Waals surface area (Å²) in [5, 5.41) is 2.80. The Morgan fingerprint density at radius 1 is 1.23 bits per heavy atom. The number of sulfonamides is 1. The molecule has 1 aliphatic rings. The number of amides is 1. The minimum Gasteiger partial charge on any atom is -0.489 e. The topological polar surface area (TPSA) is 94.2 Å². The second-order valence-electron chi connectivity index (χ2n) is 6.65. The van der Waals surface area contributed by atoms with Gasteiger partial charge in [-0.1, -0.05) is 18.7 Å². The Bertz CT molecular complexity index is 1020. The van der Waals surface area contributed by atoms with Gasteiger partial charge >= 0.3 is 0 Å². The third kappa shape index (κ3) is 5.66. The van der Waals surface area contributed by atoms with Crippen molar-refractivity contribution in [2.75, 3.05) is 35.8 Å². The molecule has 3 rings (SSSR count). The smallest absolute Gasteiger partial charge is 0.232 e. The van der Waals surface area contributed by atoms with E-state index in [1.807, 2.05) is 0 Å². The van der Waals surface area contributed by atoms with Crippen LogP contribution in [0.2, 0.25) is 0 Å². The first-order valence-corrected chi connectivity index (χ1v) is 11.2. The molecule has 8 nitrogen and oxygen atoms in total. The Hall–Kier alpha value is -3.20. The number of rotatable bonds is 10. The predicted octanol–water partition coefficient (Wildman–Crippen LogP) is 3.17. The summed E-state index contributed by atoms with van der Waals surface area (Å²) in [5.41, 5.74) is 1.08. The zero-order valence-electron chi connectivity index (χ0n) is 16.7. The molecular formula is C21H24N2O6S. The molecule has 2 aromatic rings. The molecule has 0 aliphatic carbocycles. The average Bonchev–Trinajstić information content (AvgIpc) is 3.17. The minimum absolute atomic E-state index is 0.109. The summed E-state index contributed by atoms with van der Waals surface area (Å²) in [7, 11) is -3.53. The fraction of sp³-hybridized carbons (Fsp3) is 0.286. The lowest BCUT2D eigenvalue weighted by Gasteiger charge is -2.22. The summed E-state index contributed by atoms with van der Waals surface area (Å²) < 4.78 is 41.8. The van der Waals surface area contributed by atoms with Crippen molar-refractivity contribution in [1.82, 2.24) is 0 Å². The van der Waals surface area contributed by atoms with Gasteiger partial charge in [0.2, 0.25) is 22.7 Å². The summed E-state index contributed by atoms with van der Waals surface area (Å²) in [6.45, 7) is 4.24. The SMILES string of the molecule is C=CCOc1cccc(NC(=O)CCCN(c2ccc3c(c2)OCO3)S(C)(=O)=O)c1. The summed E-state index contributed by atoms with van der Waals surface area (Å²) in [6, 6.07) is 12.0. The second kappa shape index (κ2) is 9.53. The largest absolute Gasteiger partial charge is 0.489 e.